The van der Waals surface area contributed by atoms with Crippen LogP contribution in [0.3, 0.4) is 0 Å². The van der Waals surface area contributed by atoms with Gasteiger partial charge >= 0.3 is 0 Å². The van der Waals surface area contributed by atoms with Crippen molar-refractivity contribution in [3.05, 3.63) is 75.6 Å². The second-order valence-electron chi connectivity index (χ2n) is 8.91. The van der Waals surface area contributed by atoms with Crippen molar-refractivity contribution in [2.45, 2.75) is 38.9 Å². The van der Waals surface area contributed by atoms with Crippen molar-refractivity contribution in [2.75, 3.05) is 18.0 Å². The smallest absolute Gasteiger partial charge is 0.278 e. The summed E-state index contributed by atoms with van der Waals surface area (Å²) in [4.78, 5) is 25.1. The Hall–Kier alpha value is -3.67. The summed E-state index contributed by atoms with van der Waals surface area (Å²) in [6, 6.07) is 12.2. The largest absolute Gasteiger partial charge is 0.355 e. The lowest BCUT2D eigenvalue weighted by Gasteiger charge is -2.33. The number of nitriles is 1. The van der Waals surface area contributed by atoms with Crippen LogP contribution < -0.4 is 16.2 Å². The van der Waals surface area contributed by atoms with E-state index in [1.807, 2.05) is 41.0 Å². The molecule has 0 bridgehead atoms. The van der Waals surface area contributed by atoms with Crippen molar-refractivity contribution in [3.63, 3.8) is 0 Å². The molecule has 0 saturated carbocycles. The molecule has 5 rings (SSSR count). The van der Waals surface area contributed by atoms with Gasteiger partial charge < -0.3 is 15.2 Å². The molecule has 0 radical (unpaired) electrons. The molecule has 1 aliphatic heterocycles. The zero-order valence-corrected chi connectivity index (χ0v) is 20.2. The zero-order valence-electron chi connectivity index (χ0n) is 19.5. The van der Waals surface area contributed by atoms with Crippen LogP contribution in [0.25, 0.3) is 21.8 Å². The zero-order chi connectivity index (χ0) is 24.5. The minimum Gasteiger partial charge on any atom is -0.355 e. The minimum atomic E-state index is -0.227. The van der Waals surface area contributed by atoms with Crippen LogP contribution in [-0.4, -0.2) is 38.2 Å². The Kier molecular flexibility index (Phi) is 6.29. The van der Waals surface area contributed by atoms with E-state index in [-0.39, 0.29) is 18.1 Å². The Morgan fingerprint density at radius 1 is 1.31 bits per heavy atom. The maximum atomic E-state index is 13.8. The Morgan fingerprint density at radius 3 is 2.91 bits per heavy atom. The van der Waals surface area contributed by atoms with Gasteiger partial charge in [0, 0.05) is 42.3 Å². The third-order valence-corrected chi connectivity index (χ3v) is 6.65. The van der Waals surface area contributed by atoms with E-state index in [0.29, 0.717) is 40.5 Å². The number of anilines is 1. The molecule has 4 aromatic rings. The van der Waals surface area contributed by atoms with E-state index in [1.54, 1.807) is 17.7 Å². The van der Waals surface area contributed by atoms with Gasteiger partial charge in [0.05, 0.1) is 18.6 Å². The third-order valence-electron chi connectivity index (χ3n) is 6.50. The summed E-state index contributed by atoms with van der Waals surface area (Å²) in [5.41, 5.74) is 7.97. The molecule has 1 atom stereocenters. The fourth-order valence-electron chi connectivity index (χ4n) is 4.86. The fraction of sp³-hybridized carbons (Fsp3) is 0.308. The topological polar surface area (TPSA) is 106 Å². The number of piperidine rings is 1. The Bertz CT molecular complexity index is 1540. The van der Waals surface area contributed by atoms with Crippen LogP contribution in [-0.2, 0) is 13.1 Å². The average molecular weight is 488 g/mol. The summed E-state index contributed by atoms with van der Waals surface area (Å²) < 4.78 is 3.41. The van der Waals surface area contributed by atoms with Crippen LogP contribution >= 0.6 is 11.6 Å². The highest BCUT2D eigenvalue weighted by Gasteiger charge is 2.28. The first kappa shape index (κ1) is 23.1. The van der Waals surface area contributed by atoms with Crippen molar-refractivity contribution in [1.82, 2.24) is 19.1 Å². The van der Waals surface area contributed by atoms with E-state index in [2.05, 4.69) is 20.9 Å². The average Bonchev–Trinajstić information content (AvgIpc) is 3.18. The second-order valence-corrected chi connectivity index (χ2v) is 9.51. The highest BCUT2D eigenvalue weighted by Crippen LogP contribution is 2.32. The summed E-state index contributed by atoms with van der Waals surface area (Å²) in [5.74, 6) is 0.678. The summed E-state index contributed by atoms with van der Waals surface area (Å²) in [5, 5.41) is 12.7. The van der Waals surface area contributed by atoms with Gasteiger partial charge in [-0.25, -0.2) is 4.98 Å². The predicted octanol–water partition coefficient (Wildman–Crippen LogP) is 3.74. The molecule has 4 heterocycles. The number of benzene rings is 1. The van der Waals surface area contributed by atoms with Crippen molar-refractivity contribution in [3.8, 4) is 6.07 Å². The lowest BCUT2D eigenvalue weighted by molar-refractivity contribution is 0.499. The number of aromatic nitrogens is 4. The Balaban J connectivity index is 1.70. The molecule has 0 spiro atoms. The van der Waals surface area contributed by atoms with Crippen LogP contribution in [0.15, 0.2) is 58.8 Å². The van der Waals surface area contributed by atoms with E-state index in [0.717, 1.165) is 35.9 Å². The number of nitrogens with zero attached hydrogens (tertiary/aromatic N) is 6. The molecule has 1 fully saturated rings. The standard InChI is InChI=1S/C26H26ClN7O/c1-17(27)9-12-34-24-23(21(13-28)25(34)32-11-4-6-19(29)14-32)31-16-33(26(24)35)15-22-20-7-3-2-5-18(20)8-10-30-22/h2-3,5,7-10,16,19H,4,6,11-12,14-15,29H2,1H3/t19-/m0/s1. The molecule has 0 amide bonds. The number of hydrogen-bond donors (Lipinski definition) is 1. The van der Waals surface area contributed by atoms with Crippen molar-refractivity contribution in [1.29, 1.82) is 5.26 Å². The Morgan fingerprint density at radius 2 is 2.14 bits per heavy atom. The molecular formula is C26H26ClN7O. The van der Waals surface area contributed by atoms with Gasteiger partial charge in [-0.1, -0.05) is 41.9 Å². The molecule has 0 aliphatic carbocycles. The fourth-order valence-corrected chi connectivity index (χ4v) is 4.93. The van der Waals surface area contributed by atoms with Gasteiger partial charge in [-0.3, -0.25) is 14.3 Å². The number of rotatable bonds is 5. The van der Waals surface area contributed by atoms with Crippen molar-refractivity contribution in [2.24, 2.45) is 5.73 Å². The Labute approximate surface area is 207 Å². The summed E-state index contributed by atoms with van der Waals surface area (Å²) in [6.45, 7) is 3.78. The van der Waals surface area contributed by atoms with Gasteiger partial charge in [-0.2, -0.15) is 5.26 Å². The maximum absolute atomic E-state index is 13.8. The lowest BCUT2D eigenvalue weighted by Crippen LogP contribution is -2.44. The van der Waals surface area contributed by atoms with Crippen LogP contribution in [0.1, 0.15) is 31.0 Å². The molecule has 1 aliphatic rings. The van der Waals surface area contributed by atoms with Crippen LogP contribution in [0.2, 0.25) is 0 Å². The van der Waals surface area contributed by atoms with E-state index in [9.17, 15) is 10.1 Å². The molecule has 8 nitrogen and oxygen atoms in total. The number of nitrogens with two attached hydrogens (primary N) is 1. The summed E-state index contributed by atoms with van der Waals surface area (Å²) in [7, 11) is 0. The molecule has 178 valence electrons. The van der Waals surface area contributed by atoms with Crippen LogP contribution in [0, 0.1) is 11.3 Å². The highest BCUT2D eigenvalue weighted by molar-refractivity contribution is 6.29. The first-order valence-corrected chi connectivity index (χ1v) is 12.0. The molecule has 9 heteroatoms. The predicted molar refractivity (Wildman–Crippen MR) is 139 cm³/mol. The van der Waals surface area contributed by atoms with Crippen molar-refractivity contribution < 1.29 is 0 Å². The van der Waals surface area contributed by atoms with Crippen LogP contribution in [0.5, 0.6) is 0 Å². The number of hydrogen-bond acceptors (Lipinski definition) is 6. The molecule has 1 aromatic carbocycles. The molecule has 35 heavy (non-hydrogen) atoms. The van der Waals surface area contributed by atoms with Crippen LogP contribution in [0.4, 0.5) is 5.82 Å². The SMILES string of the molecule is CC(Cl)=CCn1c(N2CCC[C@H](N)C2)c(C#N)c2ncn(Cc3nccc4ccccc34)c(=O)c21. The van der Waals surface area contributed by atoms with Gasteiger partial charge in [0.1, 0.15) is 28.5 Å². The molecule has 3 aromatic heterocycles. The van der Waals surface area contributed by atoms with Gasteiger partial charge in [0.25, 0.3) is 5.56 Å². The quantitative estimate of drug-likeness (QED) is 0.459. The van der Waals surface area contributed by atoms with E-state index < -0.39 is 0 Å². The number of allylic oxidation sites excluding steroid dienone is 2. The second kappa shape index (κ2) is 9.53. The monoisotopic (exact) mass is 487 g/mol. The maximum Gasteiger partial charge on any atom is 0.278 e. The normalized spacial score (nSPS) is 16.7. The highest BCUT2D eigenvalue weighted by atomic mass is 35.5. The van der Waals surface area contributed by atoms with Crippen molar-refractivity contribution >= 4 is 39.2 Å². The number of fused-ring (bicyclic) bond motifs is 2. The number of halogens is 1. The first-order chi connectivity index (χ1) is 17.0. The molecule has 2 N–H and O–H groups in total. The molecule has 0 unspecified atom stereocenters. The van der Waals surface area contributed by atoms with Gasteiger partial charge in [-0.05, 0) is 31.2 Å². The molecule has 1 saturated heterocycles. The number of pyridine rings is 1. The van der Waals surface area contributed by atoms with E-state index in [4.69, 9.17) is 17.3 Å². The third kappa shape index (κ3) is 4.29. The molecular weight excluding hydrogens is 462 g/mol. The van der Waals surface area contributed by atoms with E-state index >= 15 is 0 Å². The van der Waals surface area contributed by atoms with Gasteiger partial charge in [0.15, 0.2) is 0 Å². The summed E-state index contributed by atoms with van der Waals surface area (Å²) in [6.07, 6.45) is 6.94. The first-order valence-electron chi connectivity index (χ1n) is 11.6. The minimum absolute atomic E-state index is 0.00844. The lowest BCUT2D eigenvalue weighted by atomic mass is 10.1. The summed E-state index contributed by atoms with van der Waals surface area (Å²) >= 11 is 6.16. The van der Waals surface area contributed by atoms with E-state index in [1.165, 1.54) is 6.33 Å². The van der Waals surface area contributed by atoms with Gasteiger partial charge in [0.2, 0.25) is 0 Å². The van der Waals surface area contributed by atoms with Gasteiger partial charge in [-0.15, -0.1) is 0 Å².